The van der Waals surface area contributed by atoms with Gasteiger partial charge in [-0.2, -0.15) is 0 Å². The summed E-state index contributed by atoms with van der Waals surface area (Å²) in [7, 11) is 2.02. The average molecular weight is 227 g/mol. The summed E-state index contributed by atoms with van der Waals surface area (Å²) in [5, 5.41) is 6.23. The van der Waals surface area contributed by atoms with E-state index in [4.69, 9.17) is 0 Å². The fourth-order valence-corrected chi connectivity index (χ4v) is 2.45. The molecule has 2 N–H and O–H groups in total. The van der Waals surface area contributed by atoms with Crippen LogP contribution in [0.25, 0.3) is 0 Å². The standard InChI is InChI=1S/C12H25N3O/c1-5-14-12(16)10(3)15-7-6-11(13-4)9(2)8-15/h9-11,13H,5-8H2,1-4H3,(H,14,16). The van der Waals surface area contributed by atoms with Crippen LogP contribution < -0.4 is 10.6 Å². The van der Waals surface area contributed by atoms with E-state index >= 15 is 0 Å². The minimum Gasteiger partial charge on any atom is -0.355 e. The van der Waals surface area contributed by atoms with E-state index in [9.17, 15) is 4.79 Å². The van der Waals surface area contributed by atoms with Crippen molar-refractivity contribution >= 4 is 5.91 Å². The summed E-state index contributed by atoms with van der Waals surface area (Å²) < 4.78 is 0. The van der Waals surface area contributed by atoms with E-state index in [1.807, 2.05) is 20.9 Å². The molecule has 94 valence electrons. The minimum absolute atomic E-state index is 0.000191. The SMILES string of the molecule is CCNC(=O)C(C)N1CCC(NC)C(C)C1. The monoisotopic (exact) mass is 227 g/mol. The fourth-order valence-electron chi connectivity index (χ4n) is 2.45. The van der Waals surface area contributed by atoms with Gasteiger partial charge in [0.2, 0.25) is 5.91 Å². The number of likely N-dealkylation sites (tertiary alicyclic amines) is 1. The lowest BCUT2D eigenvalue weighted by atomic mass is 9.93. The number of nitrogens with one attached hydrogen (secondary N) is 2. The molecule has 1 amide bonds. The molecule has 3 unspecified atom stereocenters. The summed E-state index contributed by atoms with van der Waals surface area (Å²) >= 11 is 0. The van der Waals surface area contributed by atoms with Crippen molar-refractivity contribution in [3.05, 3.63) is 0 Å². The molecule has 0 aliphatic carbocycles. The van der Waals surface area contributed by atoms with Crippen molar-refractivity contribution in [3.63, 3.8) is 0 Å². The van der Waals surface area contributed by atoms with Crippen molar-refractivity contribution in [3.8, 4) is 0 Å². The molecule has 0 saturated carbocycles. The van der Waals surface area contributed by atoms with Crippen LogP contribution >= 0.6 is 0 Å². The van der Waals surface area contributed by atoms with Gasteiger partial charge in [-0.1, -0.05) is 6.92 Å². The largest absolute Gasteiger partial charge is 0.355 e. The topological polar surface area (TPSA) is 44.4 Å². The first-order valence-corrected chi connectivity index (χ1v) is 6.29. The number of carbonyl (C=O) groups is 1. The zero-order chi connectivity index (χ0) is 12.1. The Kier molecular flexibility index (Phi) is 5.22. The minimum atomic E-state index is 0.000191. The Bertz CT molecular complexity index is 232. The van der Waals surface area contributed by atoms with Crippen LogP contribution in [0.1, 0.15) is 27.2 Å². The Hall–Kier alpha value is -0.610. The summed E-state index contributed by atoms with van der Waals surface area (Å²) in [6.45, 7) is 8.93. The maximum absolute atomic E-state index is 11.7. The van der Waals surface area contributed by atoms with Gasteiger partial charge in [-0.3, -0.25) is 9.69 Å². The quantitative estimate of drug-likeness (QED) is 0.732. The molecule has 1 heterocycles. The van der Waals surface area contributed by atoms with E-state index in [1.165, 1.54) is 0 Å². The Morgan fingerprint density at radius 3 is 2.75 bits per heavy atom. The molecule has 0 radical (unpaired) electrons. The summed E-state index contributed by atoms with van der Waals surface area (Å²) in [5.74, 6) is 0.758. The summed E-state index contributed by atoms with van der Waals surface area (Å²) in [4.78, 5) is 14.0. The first-order chi connectivity index (χ1) is 7.60. The third-order valence-corrected chi connectivity index (χ3v) is 3.59. The van der Waals surface area contributed by atoms with Gasteiger partial charge in [-0.15, -0.1) is 0 Å². The van der Waals surface area contributed by atoms with Crippen LogP contribution in [0.15, 0.2) is 0 Å². The van der Waals surface area contributed by atoms with E-state index in [2.05, 4.69) is 22.5 Å². The molecule has 1 aliphatic rings. The number of hydrogen-bond acceptors (Lipinski definition) is 3. The molecule has 3 atom stereocenters. The molecule has 1 aliphatic heterocycles. The number of hydrogen-bond donors (Lipinski definition) is 2. The lowest BCUT2D eigenvalue weighted by Gasteiger charge is -2.39. The van der Waals surface area contributed by atoms with Crippen LogP contribution in [0.3, 0.4) is 0 Å². The zero-order valence-electron chi connectivity index (χ0n) is 10.9. The van der Waals surface area contributed by atoms with Crippen molar-refractivity contribution in [2.24, 2.45) is 5.92 Å². The molecule has 0 aromatic rings. The van der Waals surface area contributed by atoms with Gasteiger partial charge < -0.3 is 10.6 Å². The second-order valence-corrected chi connectivity index (χ2v) is 4.73. The number of rotatable bonds is 4. The maximum atomic E-state index is 11.7. The highest BCUT2D eigenvalue weighted by molar-refractivity contribution is 5.81. The molecule has 4 nitrogen and oxygen atoms in total. The molecule has 16 heavy (non-hydrogen) atoms. The van der Waals surface area contributed by atoms with Crippen molar-refractivity contribution in [1.82, 2.24) is 15.5 Å². The second-order valence-electron chi connectivity index (χ2n) is 4.73. The van der Waals surface area contributed by atoms with Gasteiger partial charge in [0.15, 0.2) is 0 Å². The van der Waals surface area contributed by atoms with Crippen LogP contribution in [0, 0.1) is 5.92 Å². The van der Waals surface area contributed by atoms with Gasteiger partial charge in [0.05, 0.1) is 6.04 Å². The van der Waals surface area contributed by atoms with Crippen LogP contribution in [0.5, 0.6) is 0 Å². The Morgan fingerprint density at radius 1 is 1.56 bits per heavy atom. The van der Waals surface area contributed by atoms with Gasteiger partial charge in [0.1, 0.15) is 0 Å². The first-order valence-electron chi connectivity index (χ1n) is 6.29. The average Bonchev–Trinajstić information content (AvgIpc) is 2.28. The third kappa shape index (κ3) is 3.19. The molecule has 0 bridgehead atoms. The van der Waals surface area contributed by atoms with E-state index in [0.717, 1.165) is 19.5 Å². The van der Waals surface area contributed by atoms with Crippen LogP contribution in [0.4, 0.5) is 0 Å². The highest BCUT2D eigenvalue weighted by Crippen LogP contribution is 2.18. The summed E-state index contributed by atoms with van der Waals surface area (Å²) in [5.41, 5.74) is 0. The smallest absolute Gasteiger partial charge is 0.237 e. The van der Waals surface area contributed by atoms with Gasteiger partial charge in [-0.05, 0) is 33.2 Å². The zero-order valence-corrected chi connectivity index (χ0v) is 10.9. The highest BCUT2D eigenvalue weighted by Gasteiger charge is 2.29. The molecule has 0 aromatic heterocycles. The number of piperidine rings is 1. The van der Waals surface area contributed by atoms with Crippen molar-refractivity contribution in [2.45, 2.75) is 39.3 Å². The van der Waals surface area contributed by atoms with Crippen molar-refractivity contribution in [1.29, 1.82) is 0 Å². The Morgan fingerprint density at radius 2 is 2.25 bits per heavy atom. The molecule has 4 heteroatoms. The van der Waals surface area contributed by atoms with E-state index < -0.39 is 0 Å². The van der Waals surface area contributed by atoms with Crippen molar-refractivity contribution in [2.75, 3.05) is 26.7 Å². The Balaban J connectivity index is 2.47. The molecular weight excluding hydrogens is 202 g/mol. The predicted molar refractivity (Wildman–Crippen MR) is 66.3 cm³/mol. The van der Waals surface area contributed by atoms with Crippen molar-refractivity contribution < 1.29 is 4.79 Å². The summed E-state index contributed by atoms with van der Waals surface area (Å²) in [6.07, 6.45) is 1.13. The van der Waals surface area contributed by atoms with E-state index in [0.29, 0.717) is 18.5 Å². The van der Waals surface area contributed by atoms with Gasteiger partial charge in [-0.25, -0.2) is 0 Å². The van der Waals surface area contributed by atoms with E-state index in [-0.39, 0.29) is 11.9 Å². The molecule has 0 spiro atoms. The fraction of sp³-hybridized carbons (Fsp3) is 0.917. The van der Waals surface area contributed by atoms with Gasteiger partial charge >= 0.3 is 0 Å². The summed E-state index contributed by atoms with van der Waals surface area (Å²) in [6, 6.07) is 0.595. The first kappa shape index (κ1) is 13.5. The van der Waals surface area contributed by atoms with Crippen LogP contribution in [0.2, 0.25) is 0 Å². The van der Waals surface area contributed by atoms with E-state index in [1.54, 1.807) is 0 Å². The van der Waals surface area contributed by atoms with Gasteiger partial charge in [0, 0.05) is 25.7 Å². The normalized spacial score (nSPS) is 28.8. The lowest BCUT2D eigenvalue weighted by molar-refractivity contribution is -0.126. The predicted octanol–water partition coefficient (Wildman–Crippen LogP) is 0.441. The second kappa shape index (κ2) is 6.21. The molecular formula is C12H25N3O. The maximum Gasteiger partial charge on any atom is 0.237 e. The molecule has 1 saturated heterocycles. The molecule has 0 aromatic carbocycles. The molecule has 1 fully saturated rings. The highest BCUT2D eigenvalue weighted by atomic mass is 16.2. The number of carbonyl (C=O) groups excluding carboxylic acids is 1. The van der Waals surface area contributed by atoms with Gasteiger partial charge in [0.25, 0.3) is 0 Å². The molecule has 1 rings (SSSR count). The third-order valence-electron chi connectivity index (χ3n) is 3.59. The number of likely N-dealkylation sites (N-methyl/N-ethyl adjacent to an activating group) is 1. The van der Waals surface area contributed by atoms with Crippen LogP contribution in [-0.2, 0) is 4.79 Å². The Labute approximate surface area is 98.8 Å². The van der Waals surface area contributed by atoms with Crippen LogP contribution in [-0.4, -0.2) is 49.6 Å². The number of nitrogens with zero attached hydrogens (tertiary/aromatic N) is 1. The number of amides is 1. The lowest BCUT2D eigenvalue weighted by Crippen LogP contribution is -2.53.